The van der Waals surface area contributed by atoms with Crippen LogP contribution < -0.4 is 5.32 Å². The molecule has 0 spiro atoms. The Hall–Kier alpha value is 0.01000. The Morgan fingerprint density at radius 3 is 2.86 bits per heavy atom. The second kappa shape index (κ2) is 6.49. The Morgan fingerprint density at radius 1 is 1.50 bits per heavy atom. The van der Waals surface area contributed by atoms with Gasteiger partial charge in [-0.1, -0.05) is 13.0 Å². The molecule has 1 aromatic heterocycles. The Bertz CT molecular complexity index is 233. The number of thioether (sulfide) groups is 1. The molecule has 0 bridgehead atoms. The predicted octanol–water partition coefficient (Wildman–Crippen LogP) is 3.54. The molecule has 14 heavy (non-hydrogen) atoms. The quantitative estimate of drug-likeness (QED) is 0.801. The molecule has 0 radical (unpaired) electrons. The molecule has 0 saturated heterocycles. The lowest BCUT2D eigenvalue weighted by Gasteiger charge is -2.13. The van der Waals surface area contributed by atoms with E-state index in [1.165, 1.54) is 11.3 Å². The Kier molecular flexibility index (Phi) is 5.60. The molecular weight excluding hydrogens is 210 g/mol. The van der Waals surface area contributed by atoms with Crippen LogP contribution in [-0.2, 0) is 0 Å². The first-order chi connectivity index (χ1) is 6.74. The van der Waals surface area contributed by atoms with Crippen molar-refractivity contribution in [3.8, 4) is 0 Å². The minimum absolute atomic E-state index is 0.504. The van der Waals surface area contributed by atoms with Gasteiger partial charge in [-0.2, -0.15) is 11.8 Å². The molecule has 0 aliphatic carbocycles. The van der Waals surface area contributed by atoms with E-state index in [4.69, 9.17) is 0 Å². The summed E-state index contributed by atoms with van der Waals surface area (Å²) in [5, 5.41) is 6.45. The summed E-state index contributed by atoms with van der Waals surface area (Å²) in [5.41, 5.74) is 0. The number of nitrogens with one attached hydrogen (secondary N) is 1. The van der Waals surface area contributed by atoms with Crippen molar-refractivity contribution in [3.05, 3.63) is 22.4 Å². The SMILES string of the molecule is CSC(C)CCNC(C)c1cccs1. The molecule has 0 aliphatic rings. The van der Waals surface area contributed by atoms with Crippen LogP contribution in [0.4, 0.5) is 0 Å². The molecule has 0 fully saturated rings. The van der Waals surface area contributed by atoms with Crippen LogP contribution in [0.15, 0.2) is 17.5 Å². The molecule has 2 unspecified atom stereocenters. The second-order valence-corrected chi connectivity index (χ2v) is 5.78. The van der Waals surface area contributed by atoms with Gasteiger partial charge < -0.3 is 5.32 Å². The van der Waals surface area contributed by atoms with Crippen LogP contribution in [0.5, 0.6) is 0 Å². The van der Waals surface area contributed by atoms with E-state index in [1.54, 1.807) is 0 Å². The predicted molar refractivity (Wildman–Crippen MR) is 68.3 cm³/mol. The lowest BCUT2D eigenvalue weighted by molar-refractivity contribution is 0.564. The van der Waals surface area contributed by atoms with Gasteiger partial charge in [-0.25, -0.2) is 0 Å². The van der Waals surface area contributed by atoms with Crippen LogP contribution in [0.3, 0.4) is 0 Å². The van der Waals surface area contributed by atoms with Gasteiger partial charge in [0.25, 0.3) is 0 Å². The minimum Gasteiger partial charge on any atom is -0.309 e. The molecule has 0 aromatic carbocycles. The summed E-state index contributed by atoms with van der Waals surface area (Å²) in [6.07, 6.45) is 3.42. The summed E-state index contributed by atoms with van der Waals surface area (Å²) in [6, 6.07) is 4.81. The Balaban J connectivity index is 2.19. The van der Waals surface area contributed by atoms with E-state index < -0.39 is 0 Å². The average molecular weight is 229 g/mol. The zero-order chi connectivity index (χ0) is 10.4. The van der Waals surface area contributed by atoms with E-state index in [-0.39, 0.29) is 0 Å². The van der Waals surface area contributed by atoms with Crippen molar-refractivity contribution in [1.82, 2.24) is 5.32 Å². The fourth-order valence-corrected chi connectivity index (χ4v) is 2.37. The summed E-state index contributed by atoms with van der Waals surface area (Å²) in [4.78, 5) is 1.43. The van der Waals surface area contributed by atoms with Gasteiger partial charge in [-0.05, 0) is 37.6 Å². The van der Waals surface area contributed by atoms with Gasteiger partial charge in [0, 0.05) is 16.2 Å². The third-order valence-corrected chi connectivity index (χ3v) is 4.47. The molecule has 0 aliphatic heterocycles. The van der Waals surface area contributed by atoms with Crippen molar-refractivity contribution in [3.63, 3.8) is 0 Å². The van der Waals surface area contributed by atoms with E-state index in [2.05, 4.69) is 42.9 Å². The van der Waals surface area contributed by atoms with Gasteiger partial charge in [0.05, 0.1) is 0 Å². The molecule has 1 nitrogen and oxygen atoms in total. The van der Waals surface area contributed by atoms with Gasteiger partial charge in [0.2, 0.25) is 0 Å². The van der Waals surface area contributed by atoms with E-state index >= 15 is 0 Å². The first-order valence-electron chi connectivity index (χ1n) is 5.03. The van der Waals surface area contributed by atoms with Gasteiger partial charge in [-0.15, -0.1) is 11.3 Å². The molecule has 1 N–H and O–H groups in total. The largest absolute Gasteiger partial charge is 0.309 e. The standard InChI is InChI=1S/C11H19NS2/c1-9(13-3)6-7-12-10(2)11-5-4-8-14-11/h4-5,8-10,12H,6-7H2,1-3H3. The third kappa shape index (κ3) is 4.03. The monoisotopic (exact) mass is 229 g/mol. The Morgan fingerprint density at radius 2 is 2.29 bits per heavy atom. The summed E-state index contributed by atoms with van der Waals surface area (Å²) in [6.45, 7) is 5.62. The first kappa shape index (κ1) is 12.1. The third-order valence-electron chi connectivity index (χ3n) is 2.37. The highest BCUT2D eigenvalue weighted by atomic mass is 32.2. The number of hydrogen-bond acceptors (Lipinski definition) is 3. The maximum atomic E-state index is 3.55. The molecule has 1 heterocycles. The molecular formula is C11H19NS2. The first-order valence-corrected chi connectivity index (χ1v) is 7.20. The molecule has 1 rings (SSSR count). The maximum Gasteiger partial charge on any atom is 0.0386 e. The van der Waals surface area contributed by atoms with Crippen LogP contribution in [-0.4, -0.2) is 18.1 Å². The van der Waals surface area contributed by atoms with Crippen LogP contribution >= 0.6 is 23.1 Å². The summed E-state index contributed by atoms with van der Waals surface area (Å²) < 4.78 is 0. The van der Waals surface area contributed by atoms with E-state index in [0.29, 0.717) is 6.04 Å². The molecule has 1 aromatic rings. The average Bonchev–Trinajstić information content (AvgIpc) is 2.70. The molecule has 0 amide bonds. The normalized spacial score (nSPS) is 15.4. The highest BCUT2D eigenvalue weighted by molar-refractivity contribution is 7.99. The van der Waals surface area contributed by atoms with E-state index in [1.807, 2.05) is 23.1 Å². The van der Waals surface area contributed by atoms with Gasteiger partial charge in [0.1, 0.15) is 0 Å². The molecule has 2 atom stereocenters. The van der Waals surface area contributed by atoms with Crippen molar-refractivity contribution in [2.24, 2.45) is 0 Å². The zero-order valence-electron chi connectivity index (χ0n) is 9.12. The van der Waals surface area contributed by atoms with Crippen LogP contribution in [0.2, 0.25) is 0 Å². The number of hydrogen-bond donors (Lipinski definition) is 1. The molecule has 3 heteroatoms. The lowest BCUT2D eigenvalue weighted by atomic mass is 10.2. The van der Waals surface area contributed by atoms with E-state index in [0.717, 1.165) is 11.8 Å². The Labute approximate surface area is 95.3 Å². The van der Waals surface area contributed by atoms with Crippen molar-refractivity contribution in [2.45, 2.75) is 31.6 Å². The smallest absolute Gasteiger partial charge is 0.0386 e. The molecule has 80 valence electrons. The van der Waals surface area contributed by atoms with Crippen LogP contribution in [0.25, 0.3) is 0 Å². The highest BCUT2D eigenvalue weighted by Gasteiger charge is 2.05. The summed E-state index contributed by atoms with van der Waals surface area (Å²) >= 11 is 3.76. The number of rotatable bonds is 6. The van der Waals surface area contributed by atoms with Crippen LogP contribution in [0.1, 0.15) is 31.2 Å². The topological polar surface area (TPSA) is 12.0 Å². The maximum absolute atomic E-state index is 3.55. The molecule has 0 saturated carbocycles. The van der Waals surface area contributed by atoms with Crippen LogP contribution in [0, 0.1) is 0 Å². The summed E-state index contributed by atoms with van der Waals surface area (Å²) in [5.74, 6) is 0. The van der Waals surface area contributed by atoms with Crippen molar-refractivity contribution in [2.75, 3.05) is 12.8 Å². The van der Waals surface area contributed by atoms with Crippen molar-refractivity contribution in [1.29, 1.82) is 0 Å². The van der Waals surface area contributed by atoms with Gasteiger partial charge in [0.15, 0.2) is 0 Å². The lowest BCUT2D eigenvalue weighted by Crippen LogP contribution is -2.21. The fraction of sp³-hybridized carbons (Fsp3) is 0.636. The fourth-order valence-electron chi connectivity index (χ4n) is 1.26. The summed E-state index contributed by atoms with van der Waals surface area (Å²) in [7, 11) is 0. The van der Waals surface area contributed by atoms with Crippen molar-refractivity contribution < 1.29 is 0 Å². The number of thiophene rings is 1. The zero-order valence-corrected chi connectivity index (χ0v) is 10.8. The van der Waals surface area contributed by atoms with Crippen molar-refractivity contribution >= 4 is 23.1 Å². The second-order valence-electron chi connectivity index (χ2n) is 3.53. The van der Waals surface area contributed by atoms with Gasteiger partial charge >= 0.3 is 0 Å². The highest BCUT2D eigenvalue weighted by Crippen LogP contribution is 2.18. The van der Waals surface area contributed by atoms with Gasteiger partial charge in [-0.3, -0.25) is 0 Å². The van der Waals surface area contributed by atoms with E-state index in [9.17, 15) is 0 Å². The minimum atomic E-state index is 0.504.